The first-order valence-electron chi connectivity index (χ1n) is 3.32. The Kier molecular flexibility index (Phi) is 3.63. The fourth-order valence-corrected chi connectivity index (χ4v) is 1.94. The first-order chi connectivity index (χ1) is 6.91. The fourth-order valence-electron chi connectivity index (χ4n) is 0.879. The highest BCUT2D eigenvalue weighted by Gasteiger charge is 2.27. The normalized spacial score (nSPS) is 9.80. The molecule has 0 unspecified atom stereocenters. The molecular formula is C7Cl4N2O2. The van der Waals surface area contributed by atoms with Crippen molar-refractivity contribution in [3.05, 3.63) is 35.8 Å². The van der Waals surface area contributed by atoms with Gasteiger partial charge in [-0.2, -0.15) is 5.26 Å². The minimum atomic E-state index is -0.816. The van der Waals surface area contributed by atoms with Crippen molar-refractivity contribution in [2.45, 2.75) is 0 Å². The molecule has 4 nitrogen and oxygen atoms in total. The molecule has 0 aliphatic heterocycles. The number of rotatable bonds is 1. The highest BCUT2D eigenvalue weighted by Crippen LogP contribution is 2.45. The molecule has 1 aromatic carbocycles. The van der Waals surface area contributed by atoms with Gasteiger partial charge in [0.25, 0.3) is 0 Å². The Hall–Kier alpha value is -0.730. The van der Waals surface area contributed by atoms with Gasteiger partial charge in [0.15, 0.2) is 0 Å². The van der Waals surface area contributed by atoms with Gasteiger partial charge in [0, 0.05) is 0 Å². The summed E-state index contributed by atoms with van der Waals surface area (Å²) in [4.78, 5) is 9.77. The van der Waals surface area contributed by atoms with Gasteiger partial charge in [-0.25, -0.2) is 0 Å². The Morgan fingerprint density at radius 3 is 1.73 bits per heavy atom. The molecule has 78 valence electrons. The van der Waals surface area contributed by atoms with Gasteiger partial charge in [-0.3, -0.25) is 10.1 Å². The predicted molar refractivity (Wildman–Crippen MR) is 57.9 cm³/mol. The van der Waals surface area contributed by atoms with Crippen molar-refractivity contribution in [3.63, 3.8) is 0 Å². The number of nitrogens with zero attached hydrogens (tertiary/aromatic N) is 2. The molecule has 0 fully saturated rings. The SMILES string of the molecule is N#Cc1c(Cl)c(Cl)c([N+](=O)[O-])c(Cl)c1Cl. The van der Waals surface area contributed by atoms with Crippen molar-refractivity contribution in [2.24, 2.45) is 0 Å². The topological polar surface area (TPSA) is 66.9 Å². The molecule has 0 aliphatic carbocycles. The highest BCUT2D eigenvalue weighted by molar-refractivity contribution is 6.50. The first-order valence-corrected chi connectivity index (χ1v) is 4.83. The van der Waals surface area contributed by atoms with Gasteiger partial charge >= 0.3 is 5.69 Å². The molecule has 0 N–H and O–H groups in total. The summed E-state index contributed by atoms with van der Waals surface area (Å²) < 4.78 is 0. The van der Waals surface area contributed by atoms with Crippen LogP contribution in [0, 0.1) is 21.4 Å². The van der Waals surface area contributed by atoms with Crippen LogP contribution in [0.2, 0.25) is 20.1 Å². The van der Waals surface area contributed by atoms with Crippen molar-refractivity contribution in [1.82, 2.24) is 0 Å². The van der Waals surface area contributed by atoms with Crippen molar-refractivity contribution < 1.29 is 4.92 Å². The minimum Gasteiger partial charge on any atom is -0.258 e. The fraction of sp³-hybridized carbons (Fsp3) is 0. The maximum Gasteiger partial charge on any atom is 0.309 e. The molecule has 1 rings (SSSR count). The largest absolute Gasteiger partial charge is 0.309 e. The summed E-state index contributed by atoms with van der Waals surface area (Å²) in [5.74, 6) is 0. The van der Waals surface area contributed by atoms with Crippen LogP contribution in [0.1, 0.15) is 5.56 Å². The number of nitro benzene ring substituents is 1. The van der Waals surface area contributed by atoms with Gasteiger partial charge < -0.3 is 0 Å². The number of benzene rings is 1. The van der Waals surface area contributed by atoms with Crippen LogP contribution >= 0.6 is 46.4 Å². The number of nitriles is 1. The van der Waals surface area contributed by atoms with Crippen LogP contribution in [0.15, 0.2) is 0 Å². The average molecular weight is 286 g/mol. The van der Waals surface area contributed by atoms with Crippen molar-refractivity contribution in [1.29, 1.82) is 5.26 Å². The maximum atomic E-state index is 10.6. The summed E-state index contributed by atoms with van der Waals surface area (Å²) >= 11 is 22.4. The van der Waals surface area contributed by atoms with Crippen LogP contribution in [0.25, 0.3) is 0 Å². The lowest BCUT2D eigenvalue weighted by atomic mass is 10.2. The second kappa shape index (κ2) is 4.42. The molecule has 0 heterocycles. The number of hydrogen-bond donors (Lipinski definition) is 0. The van der Waals surface area contributed by atoms with Crippen LogP contribution in [0.4, 0.5) is 5.69 Å². The van der Waals surface area contributed by atoms with Crippen molar-refractivity contribution in [3.8, 4) is 6.07 Å². The zero-order valence-corrected chi connectivity index (χ0v) is 9.75. The van der Waals surface area contributed by atoms with Gasteiger partial charge in [-0.1, -0.05) is 46.4 Å². The number of halogens is 4. The van der Waals surface area contributed by atoms with Crippen molar-refractivity contribution >= 4 is 52.1 Å². The lowest BCUT2D eigenvalue weighted by Gasteiger charge is -2.04. The van der Waals surface area contributed by atoms with Gasteiger partial charge in [-0.15, -0.1) is 0 Å². The zero-order valence-electron chi connectivity index (χ0n) is 6.72. The van der Waals surface area contributed by atoms with E-state index in [0.29, 0.717) is 0 Å². The minimum absolute atomic E-state index is 0.182. The molecule has 1 aromatic rings. The number of hydrogen-bond acceptors (Lipinski definition) is 3. The molecule has 0 aliphatic rings. The Labute approximate surface area is 104 Å². The summed E-state index contributed by atoms with van der Waals surface area (Å²) in [5, 5.41) is 17.9. The molecule has 0 aromatic heterocycles. The Morgan fingerprint density at radius 1 is 1.07 bits per heavy atom. The van der Waals surface area contributed by atoms with E-state index in [-0.39, 0.29) is 15.6 Å². The standard InChI is InChI=1S/C7Cl4N2O2/c8-3-2(1-12)4(9)6(11)7(5(3)10)13(14)15. The van der Waals surface area contributed by atoms with Crippen LogP contribution in [-0.2, 0) is 0 Å². The van der Waals surface area contributed by atoms with Crippen LogP contribution in [0.5, 0.6) is 0 Å². The molecule has 0 saturated heterocycles. The van der Waals surface area contributed by atoms with E-state index in [1.807, 2.05) is 0 Å². The number of nitro groups is 1. The summed E-state index contributed by atoms with van der Waals surface area (Å²) in [5.41, 5.74) is -0.786. The van der Waals surface area contributed by atoms with E-state index in [2.05, 4.69) is 0 Å². The van der Waals surface area contributed by atoms with Gasteiger partial charge in [-0.05, 0) is 0 Å². The summed E-state index contributed by atoms with van der Waals surface area (Å²) in [7, 11) is 0. The van der Waals surface area contributed by atoms with E-state index >= 15 is 0 Å². The third-order valence-electron chi connectivity index (χ3n) is 1.53. The summed E-state index contributed by atoms with van der Waals surface area (Å²) in [6, 6.07) is 1.66. The van der Waals surface area contributed by atoms with Crippen molar-refractivity contribution in [2.75, 3.05) is 0 Å². The van der Waals surface area contributed by atoms with Crippen LogP contribution in [-0.4, -0.2) is 4.92 Å². The molecule has 15 heavy (non-hydrogen) atoms. The van der Waals surface area contributed by atoms with E-state index in [0.717, 1.165) is 0 Å². The third-order valence-corrected chi connectivity index (χ3v) is 3.22. The molecule has 0 radical (unpaired) electrons. The molecule has 0 spiro atoms. The lowest BCUT2D eigenvalue weighted by molar-refractivity contribution is -0.384. The monoisotopic (exact) mass is 284 g/mol. The molecule has 8 heteroatoms. The average Bonchev–Trinajstić information content (AvgIpc) is 2.16. The second-order valence-electron chi connectivity index (χ2n) is 2.35. The maximum absolute atomic E-state index is 10.6. The molecule has 0 saturated carbocycles. The van der Waals surface area contributed by atoms with Gasteiger partial charge in [0.1, 0.15) is 16.1 Å². The summed E-state index contributed by atoms with van der Waals surface area (Å²) in [6.45, 7) is 0. The third kappa shape index (κ3) is 1.97. The molecule has 0 bridgehead atoms. The smallest absolute Gasteiger partial charge is 0.258 e. The lowest BCUT2D eigenvalue weighted by Crippen LogP contribution is -1.94. The molecule has 0 amide bonds. The second-order valence-corrected chi connectivity index (χ2v) is 3.86. The highest BCUT2D eigenvalue weighted by atomic mass is 35.5. The van der Waals surface area contributed by atoms with E-state index in [9.17, 15) is 10.1 Å². The van der Waals surface area contributed by atoms with E-state index in [1.165, 1.54) is 0 Å². The zero-order chi connectivity index (χ0) is 11.7. The first kappa shape index (κ1) is 12.3. The summed E-state index contributed by atoms with van der Waals surface area (Å²) in [6.07, 6.45) is 0. The Balaban J connectivity index is 3.76. The van der Waals surface area contributed by atoms with Gasteiger partial charge in [0.2, 0.25) is 0 Å². The van der Waals surface area contributed by atoms with Crippen LogP contribution < -0.4 is 0 Å². The molecule has 0 atom stereocenters. The Bertz CT molecular complexity index is 466. The predicted octanol–water partition coefficient (Wildman–Crippen LogP) is 4.08. The van der Waals surface area contributed by atoms with Crippen LogP contribution in [0.3, 0.4) is 0 Å². The van der Waals surface area contributed by atoms with E-state index < -0.39 is 20.7 Å². The van der Waals surface area contributed by atoms with E-state index in [4.69, 9.17) is 51.7 Å². The van der Waals surface area contributed by atoms with Gasteiger partial charge in [0.05, 0.1) is 20.5 Å². The van der Waals surface area contributed by atoms with E-state index in [1.54, 1.807) is 6.07 Å². The quantitative estimate of drug-likeness (QED) is 0.443. The molecular weight excluding hydrogens is 286 g/mol. The Morgan fingerprint density at radius 2 is 1.47 bits per heavy atom.